The van der Waals surface area contributed by atoms with Crippen LogP contribution in [0.15, 0.2) is 54.6 Å². The van der Waals surface area contributed by atoms with Crippen LogP contribution in [0.25, 0.3) is 0 Å². The number of nitro benzene ring substituents is 1. The highest BCUT2D eigenvalue weighted by Gasteiger charge is 2.31. The second kappa shape index (κ2) is 8.81. The van der Waals surface area contributed by atoms with Crippen molar-refractivity contribution in [2.24, 2.45) is 0 Å². The Morgan fingerprint density at radius 2 is 1.79 bits per heavy atom. The lowest BCUT2D eigenvalue weighted by atomic mass is 9.94. The molecule has 1 unspecified atom stereocenters. The van der Waals surface area contributed by atoms with E-state index in [-0.39, 0.29) is 28.1 Å². The highest BCUT2D eigenvalue weighted by molar-refractivity contribution is 6.11. The van der Waals surface area contributed by atoms with E-state index in [0.717, 1.165) is 6.92 Å². The predicted octanol–water partition coefficient (Wildman–Crippen LogP) is 3.66. The Morgan fingerprint density at radius 1 is 1.11 bits per heavy atom. The zero-order valence-electron chi connectivity index (χ0n) is 15.6. The Labute approximate surface area is 161 Å². The van der Waals surface area contributed by atoms with Crippen LogP contribution >= 0.6 is 0 Å². The van der Waals surface area contributed by atoms with Crippen LogP contribution in [0.3, 0.4) is 0 Å². The number of ketones is 1. The average molecular weight is 385 g/mol. The van der Waals surface area contributed by atoms with E-state index in [0.29, 0.717) is 5.75 Å². The number of methoxy groups -OCH3 is 2. The second-order valence-electron chi connectivity index (χ2n) is 5.73. The molecule has 146 valence electrons. The SMILES string of the molecule is C=C(C(=O)c1ccc(OC)cc1OC)C(OC(C)=O)c1ccccc1[N+](=O)[O-]. The number of carbonyl (C=O) groups excluding carboxylic acids is 2. The molecule has 0 saturated carbocycles. The summed E-state index contributed by atoms with van der Waals surface area (Å²) in [4.78, 5) is 35.4. The Bertz CT molecular complexity index is 936. The van der Waals surface area contributed by atoms with Gasteiger partial charge in [-0.2, -0.15) is 0 Å². The zero-order chi connectivity index (χ0) is 20.8. The van der Waals surface area contributed by atoms with Crippen molar-refractivity contribution in [3.8, 4) is 11.5 Å². The van der Waals surface area contributed by atoms with Gasteiger partial charge in [0.05, 0.1) is 30.3 Å². The lowest BCUT2D eigenvalue weighted by molar-refractivity contribution is -0.386. The molecule has 0 aliphatic heterocycles. The molecule has 0 aliphatic carbocycles. The summed E-state index contributed by atoms with van der Waals surface area (Å²) in [5, 5.41) is 11.4. The topological polar surface area (TPSA) is 105 Å². The van der Waals surface area contributed by atoms with Crippen molar-refractivity contribution in [2.75, 3.05) is 14.2 Å². The summed E-state index contributed by atoms with van der Waals surface area (Å²) in [5.74, 6) is -0.577. The van der Waals surface area contributed by atoms with Crippen LogP contribution in [-0.2, 0) is 9.53 Å². The predicted molar refractivity (Wildman–Crippen MR) is 101 cm³/mol. The van der Waals surface area contributed by atoms with Gasteiger partial charge in [-0.05, 0) is 18.2 Å². The average Bonchev–Trinajstić information content (AvgIpc) is 2.70. The summed E-state index contributed by atoms with van der Waals surface area (Å²) in [5.41, 5.74) is -0.227. The Balaban J connectivity index is 2.51. The molecule has 8 nitrogen and oxygen atoms in total. The molecule has 2 rings (SSSR count). The molecule has 2 aromatic carbocycles. The van der Waals surface area contributed by atoms with Crippen LogP contribution in [0.5, 0.6) is 11.5 Å². The molecule has 0 heterocycles. The van der Waals surface area contributed by atoms with Crippen molar-refractivity contribution in [1.82, 2.24) is 0 Å². The lowest BCUT2D eigenvalue weighted by Crippen LogP contribution is -2.18. The monoisotopic (exact) mass is 385 g/mol. The van der Waals surface area contributed by atoms with E-state index < -0.39 is 22.8 Å². The summed E-state index contributed by atoms with van der Waals surface area (Å²) in [6.07, 6.45) is -1.32. The molecule has 0 fully saturated rings. The minimum absolute atomic E-state index is 0.0496. The van der Waals surface area contributed by atoms with Crippen LogP contribution < -0.4 is 9.47 Å². The molecule has 0 bridgehead atoms. The van der Waals surface area contributed by atoms with E-state index in [1.165, 1.54) is 44.6 Å². The number of rotatable bonds is 8. The first-order valence-electron chi connectivity index (χ1n) is 8.16. The van der Waals surface area contributed by atoms with Crippen molar-refractivity contribution in [2.45, 2.75) is 13.0 Å². The molecular formula is C20H19NO7. The number of Topliss-reactive ketones (excluding diaryl/α,β-unsaturated/α-hetero) is 1. The number of nitrogens with zero attached hydrogens (tertiary/aromatic N) is 1. The normalized spacial score (nSPS) is 11.2. The van der Waals surface area contributed by atoms with Gasteiger partial charge in [-0.3, -0.25) is 19.7 Å². The largest absolute Gasteiger partial charge is 0.497 e. The van der Waals surface area contributed by atoms with Gasteiger partial charge in [-0.25, -0.2) is 0 Å². The van der Waals surface area contributed by atoms with Gasteiger partial charge in [0.2, 0.25) is 0 Å². The minimum atomic E-state index is -1.32. The maximum atomic E-state index is 13.0. The third-order valence-corrected chi connectivity index (χ3v) is 3.96. The van der Waals surface area contributed by atoms with Crippen molar-refractivity contribution in [3.05, 3.63) is 75.9 Å². The first-order chi connectivity index (χ1) is 13.3. The Morgan fingerprint density at radius 3 is 2.36 bits per heavy atom. The van der Waals surface area contributed by atoms with Gasteiger partial charge in [0.1, 0.15) is 11.5 Å². The molecule has 2 aromatic rings. The first-order valence-corrected chi connectivity index (χ1v) is 8.16. The van der Waals surface area contributed by atoms with E-state index in [4.69, 9.17) is 14.2 Å². The quantitative estimate of drug-likeness (QED) is 0.224. The van der Waals surface area contributed by atoms with Crippen LogP contribution in [-0.4, -0.2) is 30.9 Å². The summed E-state index contributed by atoms with van der Waals surface area (Å²) in [7, 11) is 2.86. The van der Waals surface area contributed by atoms with Gasteiger partial charge in [-0.1, -0.05) is 18.7 Å². The van der Waals surface area contributed by atoms with E-state index >= 15 is 0 Å². The van der Waals surface area contributed by atoms with Gasteiger partial charge < -0.3 is 14.2 Å². The number of hydrogen-bond acceptors (Lipinski definition) is 7. The molecule has 0 saturated heterocycles. The van der Waals surface area contributed by atoms with Crippen molar-refractivity contribution in [1.29, 1.82) is 0 Å². The van der Waals surface area contributed by atoms with Crippen molar-refractivity contribution < 1.29 is 28.7 Å². The molecule has 0 radical (unpaired) electrons. The van der Waals surface area contributed by atoms with Crippen molar-refractivity contribution >= 4 is 17.4 Å². The van der Waals surface area contributed by atoms with Crippen LogP contribution in [0.1, 0.15) is 28.9 Å². The number of ether oxygens (including phenoxy) is 3. The molecule has 0 aromatic heterocycles. The molecule has 0 amide bonds. The fraction of sp³-hybridized carbons (Fsp3) is 0.200. The third-order valence-electron chi connectivity index (χ3n) is 3.96. The number of nitro groups is 1. The molecule has 8 heteroatoms. The van der Waals surface area contributed by atoms with E-state index in [1.807, 2.05) is 0 Å². The standard InChI is InChI=1S/C20H19NO7/c1-12(19(23)16-10-9-14(26-3)11-18(16)27-4)20(28-13(2)22)15-7-5-6-8-17(15)21(24)25/h5-11,20H,1H2,2-4H3. The molecular weight excluding hydrogens is 366 g/mol. The number of carbonyl (C=O) groups is 2. The fourth-order valence-corrected chi connectivity index (χ4v) is 2.64. The van der Waals surface area contributed by atoms with E-state index in [2.05, 4.69) is 6.58 Å². The third kappa shape index (κ3) is 4.35. The number of hydrogen-bond donors (Lipinski definition) is 0. The van der Waals surface area contributed by atoms with Gasteiger partial charge in [0.15, 0.2) is 11.9 Å². The molecule has 1 atom stereocenters. The van der Waals surface area contributed by atoms with Crippen LogP contribution in [0.4, 0.5) is 5.69 Å². The molecule has 0 aliphatic rings. The lowest BCUT2D eigenvalue weighted by Gasteiger charge is -2.20. The minimum Gasteiger partial charge on any atom is -0.497 e. The van der Waals surface area contributed by atoms with Crippen molar-refractivity contribution in [3.63, 3.8) is 0 Å². The Hall–Kier alpha value is -3.68. The molecule has 28 heavy (non-hydrogen) atoms. The molecule has 0 N–H and O–H groups in total. The molecule has 0 spiro atoms. The zero-order valence-corrected chi connectivity index (χ0v) is 15.6. The van der Waals surface area contributed by atoms with Gasteiger partial charge in [-0.15, -0.1) is 0 Å². The number of benzene rings is 2. The summed E-state index contributed by atoms with van der Waals surface area (Å²) in [6.45, 7) is 4.89. The van der Waals surface area contributed by atoms with Gasteiger partial charge in [0, 0.05) is 24.6 Å². The number of esters is 1. The number of para-hydroxylation sites is 1. The second-order valence-corrected chi connectivity index (χ2v) is 5.73. The summed E-state index contributed by atoms with van der Waals surface area (Å²) >= 11 is 0. The Kier molecular flexibility index (Phi) is 6.49. The van der Waals surface area contributed by atoms with E-state index in [1.54, 1.807) is 12.1 Å². The van der Waals surface area contributed by atoms with Gasteiger partial charge in [0.25, 0.3) is 5.69 Å². The summed E-state index contributed by atoms with van der Waals surface area (Å²) in [6, 6.07) is 10.3. The maximum absolute atomic E-state index is 13.0. The fourth-order valence-electron chi connectivity index (χ4n) is 2.64. The van der Waals surface area contributed by atoms with E-state index in [9.17, 15) is 19.7 Å². The maximum Gasteiger partial charge on any atom is 0.303 e. The van der Waals surface area contributed by atoms with Gasteiger partial charge >= 0.3 is 5.97 Å². The first kappa shape index (κ1) is 20.6. The van der Waals surface area contributed by atoms with Crippen LogP contribution in [0.2, 0.25) is 0 Å². The highest BCUT2D eigenvalue weighted by atomic mass is 16.6. The van der Waals surface area contributed by atoms with Crippen LogP contribution in [0, 0.1) is 10.1 Å². The smallest absolute Gasteiger partial charge is 0.303 e. The highest BCUT2D eigenvalue weighted by Crippen LogP contribution is 2.35. The summed E-state index contributed by atoms with van der Waals surface area (Å²) < 4.78 is 15.6.